The average molecular weight is 364 g/mol. The Morgan fingerprint density at radius 2 is 1.76 bits per heavy atom. The van der Waals surface area contributed by atoms with Crippen molar-refractivity contribution in [1.29, 1.82) is 0 Å². The largest absolute Gasteiger partial charge is 0.416 e. The predicted octanol–water partition coefficient (Wildman–Crippen LogP) is 4.73. The van der Waals surface area contributed by atoms with Crippen molar-refractivity contribution in [3.8, 4) is 0 Å². The van der Waals surface area contributed by atoms with E-state index in [-0.39, 0.29) is 21.4 Å². The Morgan fingerprint density at radius 3 is 2.29 bits per heavy atom. The molecule has 1 aromatic rings. The second-order valence-electron chi connectivity index (χ2n) is 6.18. The van der Waals surface area contributed by atoms with Gasteiger partial charge in [0.15, 0.2) is 0 Å². The highest BCUT2D eigenvalue weighted by Crippen LogP contribution is 2.33. The molecule has 0 atom stereocenters. The lowest BCUT2D eigenvalue weighted by atomic mass is 9.82. The molecule has 116 valence electrons. The number of amides is 1. The van der Waals surface area contributed by atoms with Gasteiger partial charge in [0, 0.05) is 23.1 Å². The Labute approximate surface area is 130 Å². The lowest BCUT2D eigenvalue weighted by Crippen LogP contribution is -2.41. The van der Waals surface area contributed by atoms with Crippen molar-refractivity contribution in [2.45, 2.75) is 32.9 Å². The van der Waals surface area contributed by atoms with Crippen LogP contribution >= 0.6 is 15.9 Å². The number of likely N-dealkylation sites (tertiary alicyclic amines) is 1. The van der Waals surface area contributed by atoms with Crippen LogP contribution in [0.15, 0.2) is 22.7 Å². The van der Waals surface area contributed by atoms with E-state index in [9.17, 15) is 18.0 Å². The molecule has 2 rings (SSSR count). The first-order chi connectivity index (χ1) is 9.58. The number of alkyl halides is 3. The number of carbonyl (C=O) groups excluding carboxylic acids is 1. The Morgan fingerprint density at radius 1 is 1.19 bits per heavy atom. The Balaban J connectivity index is 2.22. The third kappa shape index (κ3) is 3.99. The number of piperidine rings is 1. The van der Waals surface area contributed by atoms with Crippen molar-refractivity contribution in [2.24, 2.45) is 5.41 Å². The summed E-state index contributed by atoms with van der Waals surface area (Å²) in [7, 11) is 0. The highest BCUT2D eigenvalue weighted by Gasteiger charge is 2.33. The van der Waals surface area contributed by atoms with Crippen LogP contribution in [0.4, 0.5) is 13.2 Å². The fraction of sp³-hybridized carbons (Fsp3) is 0.533. The van der Waals surface area contributed by atoms with Gasteiger partial charge in [0.2, 0.25) is 0 Å². The normalized spacial score (nSPS) is 18.7. The third-order valence-electron chi connectivity index (χ3n) is 3.88. The van der Waals surface area contributed by atoms with Crippen LogP contribution in [-0.4, -0.2) is 23.9 Å². The number of benzene rings is 1. The molecule has 2 nitrogen and oxygen atoms in total. The minimum absolute atomic E-state index is 0.0800. The van der Waals surface area contributed by atoms with Gasteiger partial charge in [-0.2, -0.15) is 13.2 Å². The van der Waals surface area contributed by atoms with Crippen molar-refractivity contribution >= 4 is 21.8 Å². The number of nitrogens with zero attached hydrogens (tertiary/aromatic N) is 1. The lowest BCUT2D eigenvalue weighted by Gasteiger charge is -2.37. The Bertz CT molecular complexity index is 544. The summed E-state index contributed by atoms with van der Waals surface area (Å²) in [6.45, 7) is 5.44. The molecule has 1 heterocycles. The highest BCUT2D eigenvalue weighted by molar-refractivity contribution is 9.10. The minimum Gasteiger partial charge on any atom is -0.339 e. The molecule has 1 aromatic carbocycles. The van der Waals surface area contributed by atoms with Crippen molar-refractivity contribution in [3.63, 3.8) is 0 Å². The molecule has 1 aliphatic rings. The van der Waals surface area contributed by atoms with E-state index in [0.717, 1.165) is 25.0 Å². The zero-order valence-corrected chi connectivity index (χ0v) is 13.5. The van der Waals surface area contributed by atoms with E-state index >= 15 is 0 Å². The molecule has 0 N–H and O–H groups in total. The molecule has 0 unspecified atom stereocenters. The van der Waals surface area contributed by atoms with E-state index in [2.05, 4.69) is 29.8 Å². The fourth-order valence-corrected chi connectivity index (χ4v) is 2.87. The smallest absolute Gasteiger partial charge is 0.339 e. The molecule has 0 saturated carbocycles. The van der Waals surface area contributed by atoms with Gasteiger partial charge in [-0.05, 0) is 36.5 Å². The second kappa shape index (κ2) is 5.63. The summed E-state index contributed by atoms with van der Waals surface area (Å²) in [6, 6.07) is 3.35. The maximum absolute atomic E-state index is 12.8. The van der Waals surface area contributed by atoms with Gasteiger partial charge < -0.3 is 4.90 Å². The van der Waals surface area contributed by atoms with E-state index in [1.54, 1.807) is 4.90 Å². The van der Waals surface area contributed by atoms with Crippen LogP contribution in [0, 0.1) is 5.41 Å². The van der Waals surface area contributed by atoms with E-state index in [4.69, 9.17) is 0 Å². The molecule has 0 aliphatic carbocycles. The molecule has 0 radical (unpaired) electrons. The summed E-state index contributed by atoms with van der Waals surface area (Å²) in [5, 5.41) is 0. The fourth-order valence-electron chi connectivity index (χ4n) is 2.37. The van der Waals surface area contributed by atoms with Gasteiger partial charge >= 0.3 is 6.18 Å². The molecule has 0 bridgehead atoms. The number of hydrogen-bond acceptors (Lipinski definition) is 1. The SMILES string of the molecule is CC1(C)CCN(C(=O)c2cc(Br)cc(C(F)(F)F)c2)CC1. The zero-order valence-electron chi connectivity index (χ0n) is 11.9. The third-order valence-corrected chi connectivity index (χ3v) is 4.33. The van der Waals surface area contributed by atoms with Crippen LogP contribution in [-0.2, 0) is 6.18 Å². The molecule has 1 amide bonds. The topological polar surface area (TPSA) is 20.3 Å². The Kier molecular flexibility index (Phi) is 4.38. The van der Waals surface area contributed by atoms with Gasteiger partial charge in [-0.25, -0.2) is 0 Å². The maximum Gasteiger partial charge on any atom is 0.416 e. The summed E-state index contributed by atoms with van der Waals surface area (Å²) in [4.78, 5) is 14.0. The van der Waals surface area contributed by atoms with Gasteiger partial charge in [-0.15, -0.1) is 0 Å². The van der Waals surface area contributed by atoms with Gasteiger partial charge in [-0.3, -0.25) is 4.79 Å². The predicted molar refractivity (Wildman–Crippen MR) is 78.1 cm³/mol. The molecular formula is C15H17BrF3NO. The monoisotopic (exact) mass is 363 g/mol. The first kappa shape index (κ1) is 16.3. The zero-order chi connectivity index (χ0) is 15.8. The van der Waals surface area contributed by atoms with Crippen LogP contribution in [0.25, 0.3) is 0 Å². The average Bonchev–Trinajstić information content (AvgIpc) is 2.36. The highest BCUT2D eigenvalue weighted by atomic mass is 79.9. The second-order valence-corrected chi connectivity index (χ2v) is 7.10. The van der Waals surface area contributed by atoms with Crippen LogP contribution in [0.2, 0.25) is 0 Å². The molecular weight excluding hydrogens is 347 g/mol. The molecule has 0 aromatic heterocycles. The van der Waals surface area contributed by atoms with Crippen molar-refractivity contribution in [3.05, 3.63) is 33.8 Å². The van der Waals surface area contributed by atoms with Gasteiger partial charge in [0.1, 0.15) is 0 Å². The molecule has 1 saturated heterocycles. The van der Waals surface area contributed by atoms with Crippen LogP contribution in [0.1, 0.15) is 42.6 Å². The van der Waals surface area contributed by atoms with E-state index < -0.39 is 11.7 Å². The van der Waals surface area contributed by atoms with Crippen molar-refractivity contribution in [1.82, 2.24) is 4.90 Å². The lowest BCUT2D eigenvalue weighted by molar-refractivity contribution is -0.137. The quantitative estimate of drug-likeness (QED) is 0.706. The number of rotatable bonds is 1. The number of carbonyl (C=O) groups is 1. The van der Waals surface area contributed by atoms with Gasteiger partial charge in [0.05, 0.1) is 5.56 Å². The van der Waals surface area contributed by atoms with Crippen LogP contribution < -0.4 is 0 Å². The summed E-state index contributed by atoms with van der Waals surface area (Å²) in [5.41, 5.74) is -0.542. The van der Waals surface area contributed by atoms with Gasteiger partial charge in [0.25, 0.3) is 5.91 Å². The maximum atomic E-state index is 12.8. The minimum atomic E-state index is -4.46. The Hall–Kier alpha value is -1.04. The molecule has 1 aliphatic heterocycles. The van der Waals surface area contributed by atoms with Gasteiger partial charge in [-0.1, -0.05) is 29.8 Å². The van der Waals surface area contributed by atoms with Crippen LogP contribution in [0.3, 0.4) is 0 Å². The first-order valence-electron chi connectivity index (χ1n) is 6.76. The number of halogens is 4. The summed E-state index contributed by atoms with van der Waals surface area (Å²) in [5.74, 6) is -0.336. The van der Waals surface area contributed by atoms with E-state index in [1.807, 2.05) is 0 Å². The van der Waals surface area contributed by atoms with E-state index in [0.29, 0.717) is 13.1 Å². The molecule has 6 heteroatoms. The summed E-state index contributed by atoms with van der Waals surface area (Å²) < 4.78 is 38.7. The summed E-state index contributed by atoms with van der Waals surface area (Å²) >= 11 is 3.05. The van der Waals surface area contributed by atoms with Crippen molar-refractivity contribution < 1.29 is 18.0 Å². The standard InChI is InChI=1S/C15H17BrF3NO/c1-14(2)3-5-20(6-4-14)13(21)10-7-11(15(17,18)19)9-12(16)8-10/h7-9H,3-6H2,1-2H3. The number of hydrogen-bond donors (Lipinski definition) is 0. The first-order valence-corrected chi connectivity index (χ1v) is 7.55. The molecule has 1 fully saturated rings. The van der Waals surface area contributed by atoms with Crippen LogP contribution in [0.5, 0.6) is 0 Å². The molecule has 21 heavy (non-hydrogen) atoms. The van der Waals surface area contributed by atoms with Crippen molar-refractivity contribution in [2.75, 3.05) is 13.1 Å². The summed E-state index contributed by atoms with van der Waals surface area (Å²) in [6.07, 6.45) is -2.74. The van der Waals surface area contributed by atoms with E-state index in [1.165, 1.54) is 6.07 Å². The molecule has 0 spiro atoms.